The zero-order valence-corrected chi connectivity index (χ0v) is 12.2. The monoisotopic (exact) mass is 339 g/mol. The number of aliphatic hydroxyl groups excluding tert-OH is 2. The fourth-order valence-electron chi connectivity index (χ4n) is 2.55. The Morgan fingerprint density at radius 2 is 1.95 bits per heavy atom. The molecular weight excluding hydrogens is 326 g/mol. The van der Waals surface area contributed by atoms with Gasteiger partial charge < -0.3 is 14.6 Å². The largest absolute Gasteiger partial charge is 0.423 e. The van der Waals surface area contributed by atoms with Crippen LogP contribution in [0, 0.1) is 0 Å². The molecule has 1 aliphatic heterocycles. The van der Waals surface area contributed by atoms with Crippen LogP contribution in [0.4, 0.5) is 0 Å². The van der Waals surface area contributed by atoms with E-state index in [2.05, 4.69) is 15.9 Å². The molecule has 0 amide bonds. The summed E-state index contributed by atoms with van der Waals surface area (Å²) < 4.78 is 6.03. The van der Waals surface area contributed by atoms with E-state index in [0.29, 0.717) is 25.2 Å². The van der Waals surface area contributed by atoms with Gasteiger partial charge in [0.05, 0.1) is 12.2 Å². The van der Waals surface area contributed by atoms with Crippen molar-refractivity contribution in [3.05, 3.63) is 44.7 Å². The summed E-state index contributed by atoms with van der Waals surface area (Å²) in [5, 5.41) is 20.0. The average Bonchev–Trinajstić information content (AvgIpc) is 2.67. The first-order chi connectivity index (χ1) is 9.52. The van der Waals surface area contributed by atoms with Crippen LogP contribution in [-0.2, 0) is 6.54 Å². The molecule has 2 aromatic rings. The Hall–Kier alpha value is -1.21. The Bertz CT molecular complexity index is 689. The van der Waals surface area contributed by atoms with Gasteiger partial charge in [0, 0.05) is 35.6 Å². The number of fused-ring (bicyclic) bond motifs is 1. The molecule has 106 valence electrons. The van der Waals surface area contributed by atoms with Crippen LogP contribution in [-0.4, -0.2) is 40.4 Å². The lowest BCUT2D eigenvalue weighted by Gasteiger charge is -2.15. The SMILES string of the molecule is O=c1cc(CN2CC(O)C(O)C2)c2ccc(Br)cc2o1. The van der Waals surface area contributed by atoms with Gasteiger partial charge in [-0.3, -0.25) is 4.90 Å². The van der Waals surface area contributed by atoms with Gasteiger partial charge in [0.15, 0.2) is 0 Å². The van der Waals surface area contributed by atoms with Gasteiger partial charge in [-0.1, -0.05) is 15.9 Å². The lowest BCUT2D eigenvalue weighted by molar-refractivity contribution is 0.0572. The van der Waals surface area contributed by atoms with Crippen molar-refractivity contribution < 1.29 is 14.6 Å². The molecule has 2 unspecified atom stereocenters. The van der Waals surface area contributed by atoms with Gasteiger partial charge in [-0.15, -0.1) is 0 Å². The number of hydrogen-bond acceptors (Lipinski definition) is 5. The highest BCUT2D eigenvalue weighted by atomic mass is 79.9. The van der Waals surface area contributed by atoms with E-state index in [4.69, 9.17) is 4.42 Å². The quantitative estimate of drug-likeness (QED) is 0.801. The molecule has 3 rings (SSSR count). The zero-order chi connectivity index (χ0) is 14.3. The van der Waals surface area contributed by atoms with E-state index in [1.165, 1.54) is 6.07 Å². The number of likely N-dealkylation sites (tertiary alicyclic amines) is 1. The number of halogens is 1. The lowest BCUT2D eigenvalue weighted by atomic mass is 10.1. The molecular formula is C14H14BrNO4. The standard InChI is InChI=1S/C14H14BrNO4/c15-9-1-2-10-8(3-14(19)20-13(10)4-9)5-16-6-11(17)12(18)7-16/h1-4,11-12,17-18H,5-7H2. The van der Waals surface area contributed by atoms with Crippen LogP contribution in [0.1, 0.15) is 5.56 Å². The third-order valence-electron chi connectivity index (χ3n) is 3.52. The molecule has 0 aliphatic carbocycles. The normalized spacial score (nSPS) is 23.6. The van der Waals surface area contributed by atoms with Gasteiger partial charge in [0.25, 0.3) is 0 Å². The number of benzene rings is 1. The fraction of sp³-hybridized carbons (Fsp3) is 0.357. The van der Waals surface area contributed by atoms with E-state index in [1.54, 1.807) is 6.07 Å². The lowest BCUT2D eigenvalue weighted by Crippen LogP contribution is -2.22. The highest BCUT2D eigenvalue weighted by Gasteiger charge is 2.29. The molecule has 2 N–H and O–H groups in total. The highest BCUT2D eigenvalue weighted by Crippen LogP contribution is 2.23. The maximum Gasteiger partial charge on any atom is 0.336 e. The van der Waals surface area contributed by atoms with Gasteiger partial charge in [0.2, 0.25) is 0 Å². The fourth-order valence-corrected chi connectivity index (χ4v) is 2.89. The van der Waals surface area contributed by atoms with Crippen molar-refractivity contribution in [3.63, 3.8) is 0 Å². The van der Waals surface area contributed by atoms with Crippen molar-refractivity contribution in [2.24, 2.45) is 0 Å². The molecule has 20 heavy (non-hydrogen) atoms. The van der Waals surface area contributed by atoms with Crippen molar-refractivity contribution in [3.8, 4) is 0 Å². The van der Waals surface area contributed by atoms with Gasteiger partial charge in [-0.25, -0.2) is 4.79 Å². The van der Waals surface area contributed by atoms with Crippen molar-refractivity contribution >= 4 is 26.9 Å². The Balaban J connectivity index is 1.97. The summed E-state index contributed by atoms with van der Waals surface area (Å²) in [4.78, 5) is 13.5. The molecule has 2 atom stereocenters. The molecule has 1 saturated heterocycles. The molecule has 0 saturated carbocycles. The summed E-state index contributed by atoms with van der Waals surface area (Å²) in [5.74, 6) is 0. The van der Waals surface area contributed by atoms with E-state index < -0.39 is 17.8 Å². The Morgan fingerprint density at radius 3 is 2.65 bits per heavy atom. The topological polar surface area (TPSA) is 73.9 Å². The minimum atomic E-state index is -0.726. The summed E-state index contributed by atoms with van der Waals surface area (Å²) >= 11 is 3.35. The molecule has 1 aliphatic rings. The number of hydrogen-bond donors (Lipinski definition) is 2. The molecule has 1 aromatic heterocycles. The zero-order valence-electron chi connectivity index (χ0n) is 10.6. The second-order valence-electron chi connectivity index (χ2n) is 5.06. The van der Waals surface area contributed by atoms with E-state index in [1.807, 2.05) is 17.0 Å². The molecule has 2 heterocycles. The van der Waals surface area contributed by atoms with Gasteiger partial charge in [-0.05, 0) is 23.8 Å². The van der Waals surface area contributed by atoms with Crippen LogP contribution in [0.25, 0.3) is 11.0 Å². The number of β-amino-alcohol motifs (C(OH)–C–C–N with tert-alkyl or cyclic N) is 2. The maximum atomic E-state index is 11.6. The second kappa shape index (κ2) is 5.29. The van der Waals surface area contributed by atoms with Crippen LogP contribution in [0.15, 0.2) is 37.9 Å². The Morgan fingerprint density at radius 1 is 1.25 bits per heavy atom. The molecule has 6 heteroatoms. The first-order valence-corrected chi connectivity index (χ1v) is 7.13. The van der Waals surface area contributed by atoms with Crippen molar-refractivity contribution in [1.82, 2.24) is 4.90 Å². The van der Waals surface area contributed by atoms with Crippen molar-refractivity contribution in [2.45, 2.75) is 18.8 Å². The molecule has 0 radical (unpaired) electrons. The van der Waals surface area contributed by atoms with Crippen LogP contribution >= 0.6 is 15.9 Å². The third-order valence-corrected chi connectivity index (χ3v) is 4.01. The van der Waals surface area contributed by atoms with Gasteiger partial charge in [0.1, 0.15) is 5.58 Å². The van der Waals surface area contributed by atoms with Gasteiger partial charge in [-0.2, -0.15) is 0 Å². The smallest absolute Gasteiger partial charge is 0.336 e. The average molecular weight is 340 g/mol. The highest BCUT2D eigenvalue weighted by molar-refractivity contribution is 9.10. The maximum absolute atomic E-state index is 11.6. The minimum absolute atomic E-state index is 0.397. The molecule has 0 bridgehead atoms. The summed E-state index contributed by atoms with van der Waals surface area (Å²) in [7, 11) is 0. The summed E-state index contributed by atoms with van der Waals surface area (Å²) in [5.41, 5.74) is 0.970. The van der Waals surface area contributed by atoms with Crippen LogP contribution in [0.5, 0.6) is 0 Å². The van der Waals surface area contributed by atoms with Crippen molar-refractivity contribution in [1.29, 1.82) is 0 Å². The van der Waals surface area contributed by atoms with Crippen LogP contribution in [0.2, 0.25) is 0 Å². The van der Waals surface area contributed by atoms with E-state index in [9.17, 15) is 15.0 Å². The predicted molar refractivity (Wildman–Crippen MR) is 77.5 cm³/mol. The molecule has 1 fully saturated rings. The molecule has 0 spiro atoms. The minimum Gasteiger partial charge on any atom is -0.423 e. The van der Waals surface area contributed by atoms with Crippen LogP contribution < -0.4 is 5.63 Å². The summed E-state index contributed by atoms with van der Waals surface area (Å²) in [6, 6.07) is 7.00. The van der Waals surface area contributed by atoms with Crippen LogP contribution in [0.3, 0.4) is 0 Å². The van der Waals surface area contributed by atoms with Gasteiger partial charge >= 0.3 is 5.63 Å². The third kappa shape index (κ3) is 2.64. The first-order valence-electron chi connectivity index (χ1n) is 6.34. The molecule has 1 aromatic carbocycles. The number of aliphatic hydroxyl groups is 2. The summed E-state index contributed by atoms with van der Waals surface area (Å²) in [6.07, 6.45) is -1.45. The van der Waals surface area contributed by atoms with E-state index >= 15 is 0 Å². The predicted octanol–water partition coefficient (Wildman–Crippen LogP) is 1.09. The molecule has 5 nitrogen and oxygen atoms in total. The number of rotatable bonds is 2. The second-order valence-corrected chi connectivity index (χ2v) is 5.98. The summed E-state index contributed by atoms with van der Waals surface area (Å²) in [6.45, 7) is 1.30. The first kappa shape index (κ1) is 13.8. The number of nitrogens with zero attached hydrogens (tertiary/aromatic N) is 1. The Kier molecular flexibility index (Phi) is 3.64. The van der Waals surface area contributed by atoms with E-state index in [-0.39, 0.29) is 0 Å². The van der Waals surface area contributed by atoms with Crippen molar-refractivity contribution in [2.75, 3.05) is 13.1 Å². The van der Waals surface area contributed by atoms with E-state index in [0.717, 1.165) is 15.4 Å². The Labute approximate surface area is 123 Å².